The van der Waals surface area contributed by atoms with Crippen molar-refractivity contribution in [2.45, 2.75) is 64.5 Å². The molecule has 2 fully saturated rings. The fourth-order valence-corrected chi connectivity index (χ4v) is 4.08. The monoisotopic (exact) mass is 361 g/mol. The summed E-state index contributed by atoms with van der Waals surface area (Å²) >= 11 is 0. The van der Waals surface area contributed by atoms with E-state index in [0.29, 0.717) is 18.1 Å². The Labute approximate surface area is 158 Å². The molecule has 6 heteroatoms. The van der Waals surface area contributed by atoms with Crippen LogP contribution in [-0.4, -0.2) is 59.3 Å². The van der Waals surface area contributed by atoms with Crippen LogP contribution in [0.3, 0.4) is 0 Å². The highest BCUT2D eigenvalue weighted by atomic mass is 16.5. The minimum atomic E-state index is 0.459. The van der Waals surface area contributed by atoms with Gasteiger partial charge in [0.15, 0.2) is 5.96 Å². The molecule has 26 heavy (non-hydrogen) atoms. The Bertz CT molecular complexity index is 538. The van der Waals surface area contributed by atoms with Gasteiger partial charge in [0, 0.05) is 45.2 Å². The number of piperidine rings is 1. The van der Waals surface area contributed by atoms with E-state index in [2.05, 4.69) is 39.8 Å². The minimum absolute atomic E-state index is 0.459. The van der Waals surface area contributed by atoms with Crippen molar-refractivity contribution in [3.63, 3.8) is 0 Å². The highest BCUT2D eigenvalue weighted by molar-refractivity contribution is 5.80. The number of ether oxygens (including phenoxy) is 1. The Balaban J connectivity index is 1.50. The van der Waals surface area contributed by atoms with E-state index >= 15 is 0 Å². The number of aromatic nitrogens is 2. The predicted molar refractivity (Wildman–Crippen MR) is 105 cm³/mol. The third-order valence-corrected chi connectivity index (χ3v) is 5.68. The first kappa shape index (κ1) is 19.2. The van der Waals surface area contributed by atoms with Crippen LogP contribution in [0.2, 0.25) is 0 Å². The quantitative estimate of drug-likeness (QED) is 0.461. The second-order valence-corrected chi connectivity index (χ2v) is 7.66. The number of rotatable bonds is 7. The lowest BCUT2D eigenvalue weighted by molar-refractivity contribution is 0.0578. The van der Waals surface area contributed by atoms with Gasteiger partial charge in [-0.15, -0.1) is 0 Å². The second kappa shape index (κ2) is 9.95. The predicted octanol–water partition coefficient (Wildman–Crippen LogP) is 3.08. The summed E-state index contributed by atoms with van der Waals surface area (Å²) in [6.45, 7) is 9.10. The molecule has 1 aliphatic heterocycles. The summed E-state index contributed by atoms with van der Waals surface area (Å²) in [6, 6.07) is 0.459. The van der Waals surface area contributed by atoms with Crippen LogP contribution < -0.4 is 5.32 Å². The van der Waals surface area contributed by atoms with Crippen LogP contribution in [0.5, 0.6) is 0 Å². The first-order valence-corrected chi connectivity index (χ1v) is 10.4. The highest BCUT2D eigenvalue weighted by Gasteiger charge is 2.28. The molecule has 2 unspecified atom stereocenters. The third kappa shape index (κ3) is 5.22. The van der Waals surface area contributed by atoms with Crippen LogP contribution in [0.1, 0.15) is 58.4 Å². The molecular formula is C20H35N5O. The number of nitrogens with zero attached hydrogens (tertiary/aromatic N) is 4. The van der Waals surface area contributed by atoms with Crippen LogP contribution in [0.25, 0.3) is 0 Å². The molecule has 0 spiro atoms. The van der Waals surface area contributed by atoms with Crippen LogP contribution >= 0.6 is 0 Å². The number of likely N-dealkylation sites (tertiary alicyclic amines) is 1. The summed E-state index contributed by atoms with van der Waals surface area (Å²) in [7, 11) is 0. The molecule has 1 saturated carbocycles. The van der Waals surface area contributed by atoms with Gasteiger partial charge in [-0.3, -0.25) is 4.99 Å². The zero-order valence-corrected chi connectivity index (χ0v) is 16.4. The molecule has 1 aromatic rings. The molecule has 2 heterocycles. The molecule has 0 amide bonds. The Morgan fingerprint density at radius 2 is 2.15 bits per heavy atom. The van der Waals surface area contributed by atoms with Crippen molar-refractivity contribution >= 4 is 5.96 Å². The van der Waals surface area contributed by atoms with Crippen molar-refractivity contribution in [3.05, 3.63) is 18.7 Å². The Hall–Kier alpha value is -1.56. The van der Waals surface area contributed by atoms with E-state index in [9.17, 15) is 0 Å². The number of guanidine groups is 1. The molecule has 0 radical (unpaired) electrons. The summed E-state index contributed by atoms with van der Waals surface area (Å²) in [5.74, 6) is 1.70. The first-order valence-electron chi connectivity index (χ1n) is 10.4. The summed E-state index contributed by atoms with van der Waals surface area (Å²) in [6.07, 6.45) is 13.7. The molecule has 0 bridgehead atoms. The van der Waals surface area contributed by atoms with Crippen molar-refractivity contribution in [1.29, 1.82) is 0 Å². The molecule has 0 aromatic carbocycles. The molecule has 1 saturated heterocycles. The lowest BCUT2D eigenvalue weighted by Gasteiger charge is -2.39. The standard InChI is InChI=1S/C20H35N5O/c1-3-22-20(23-10-6-14-26-18-7-4-5-8-18)24-12-9-17(2)19(15-24)25-13-11-21-16-25/h11,13,16-19H,3-10,12,14-15H2,1-2H3,(H,22,23). The normalized spacial score (nSPS) is 25.0. The van der Waals surface area contributed by atoms with Gasteiger partial charge in [-0.05, 0) is 38.5 Å². The zero-order chi connectivity index (χ0) is 18.2. The van der Waals surface area contributed by atoms with E-state index in [0.717, 1.165) is 45.2 Å². The summed E-state index contributed by atoms with van der Waals surface area (Å²) in [4.78, 5) is 11.5. The van der Waals surface area contributed by atoms with Gasteiger partial charge >= 0.3 is 0 Å². The van der Waals surface area contributed by atoms with Gasteiger partial charge in [0.1, 0.15) is 0 Å². The number of aliphatic imine (C=N–C) groups is 1. The largest absolute Gasteiger partial charge is 0.378 e. The fourth-order valence-electron chi connectivity index (χ4n) is 4.08. The van der Waals surface area contributed by atoms with Gasteiger partial charge in [0.25, 0.3) is 0 Å². The van der Waals surface area contributed by atoms with Gasteiger partial charge in [-0.1, -0.05) is 19.8 Å². The highest BCUT2D eigenvalue weighted by Crippen LogP contribution is 2.27. The molecule has 146 valence electrons. The van der Waals surface area contributed by atoms with Crippen molar-refractivity contribution in [2.24, 2.45) is 10.9 Å². The molecule has 2 aliphatic rings. The summed E-state index contributed by atoms with van der Waals surface area (Å²) in [5, 5.41) is 3.48. The maximum Gasteiger partial charge on any atom is 0.193 e. The number of imidazole rings is 1. The third-order valence-electron chi connectivity index (χ3n) is 5.68. The van der Waals surface area contributed by atoms with Crippen LogP contribution in [0, 0.1) is 5.92 Å². The van der Waals surface area contributed by atoms with E-state index in [4.69, 9.17) is 9.73 Å². The van der Waals surface area contributed by atoms with Crippen LogP contribution in [0.15, 0.2) is 23.7 Å². The molecule has 1 aromatic heterocycles. The van der Waals surface area contributed by atoms with Crippen molar-refractivity contribution < 1.29 is 4.74 Å². The second-order valence-electron chi connectivity index (χ2n) is 7.66. The molecular weight excluding hydrogens is 326 g/mol. The Morgan fingerprint density at radius 3 is 2.88 bits per heavy atom. The lowest BCUT2D eigenvalue weighted by Crippen LogP contribution is -2.49. The summed E-state index contributed by atoms with van der Waals surface area (Å²) in [5.41, 5.74) is 0. The number of nitrogens with one attached hydrogen (secondary N) is 1. The van der Waals surface area contributed by atoms with Crippen molar-refractivity contribution in [1.82, 2.24) is 19.8 Å². The van der Waals surface area contributed by atoms with Crippen LogP contribution in [-0.2, 0) is 4.74 Å². The van der Waals surface area contributed by atoms with E-state index in [1.807, 2.05) is 12.5 Å². The zero-order valence-electron chi connectivity index (χ0n) is 16.4. The Kier molecular flexibility index (Phi) is 7.35. The van der Waals surface area contributed by atoms with E-state index in [1.165, 1.54) is 32.1 Å². The Morgan fingerprint density at radius 1 is 1.31 bits per heavy atom. The van der Waals surface area contributed by atoms with Gasteiger partial charge in [0.05, 0.1) is 18.5 Å². The summed E-state index contributed by atoms with van der Waals surface area (Å²) < 4.78 is 8.20. The van der Waals surface area contributed by atoms with E-state index < -0.39 is 0 Å². The van der Waals surface area contributed by atoms with Crippen molar-refractivity contribution in [2.75, 3.05) is 32.8 Å². The van der Waals surface area contributed by atoms with Gasteiger partial charge < -0.3 is 19.5 Å². The van der Waals surface area contributed by atoms with Gasteiger partial charge in [0.2, 0.25) is 0 Å². The molecule has 6 nitrogen and oxygen atoms in total. The number of hydrogen-bond donors (Lipinski definition) is 1. The molecule has 3 rings (SSSR count). The molecule has 1 aliphatic carbocycles. The maximum atomic E-state index is 5.96. The average Bonchev–Trinajstić information content (AvgIpc) is 3.35. The first-order chi connectivity index (χ1) is 12.8. The van der Waals surface area contributed by atoms with E-state index in [-0.39, 0.29) is 0 Å². The van der Waals surface area contributed by atoms with Crippen LogP contribution in [0.4, 0.5) is 0 Å². The fraction of sp³-hybridized carbons (Fsp3) is 0.800. The topological polar surface area (TPSA) is 54.7 Å². The van der Waals surface area contributed by atoms with Gasteiger partial charge in [-0.25, -0.2) is 4.98 Å². The van der Waals surface area contributed by atoms with Gasteiger partial charge in [-0.2, -0.15) is 0 Å². The average molecular weight is 362 g/mol. The lowest BCUT2D eigenvalue weighted by atomic mass is 9.93. The van der Waals surface area contributed by atoms with E-state index in [1.54, 1.807) is 0 Å². The molecule has 1 N–H and O–H groups in total. The number of hydrogen-bond acceptors (Lipinski definition) is 3. The SMILES string of the molecule is CCNC(=NCCCOC1CCCC1)N1CCC(C)C(n2ccnc2)C1. The molecule has 2 atom stereocenters. The smallest absolute Gasteiger partial charge is 0.193 e. The maximum absolute atomic E-state index is 5.96. The minimum Gasteiger partial charge on any atom is -0.378 e. The van der Waals surface area contributed by atoms with Crippen molar-refractivity contribution in [3.8, 4) is 0 Å².